The molecule has 0 saturated heterocycles. The van der Waals surface area contributed by atoms with Crippen LogP contribution >= 0.6 is 0 Å². The lowest BCUT2D eigenvalue weighted by molar-refractivity contribution is -0.142. The van der Waals surface area contributed by atoms with Gasteiger partial charge in [0.05, 0.1) is 6.61 Å². The van der Waals surface area contributed by atoms with Gasteiger partial charge in [0, 0.05) is 17.7 Å². The number of alkyl halides is 2. The van der Waals surface area contributed by atoms with Crippen molar-refractivity contribution in [2.75, 3.05) is 19.8 Å². The molecule has 1 amide bonds. The van der Waals surface area contributed by atoms with E-state index in [4.69, 9.17) is 9.84 Å². The van der Waals surface area contributed by atoms with E-state index in [1.807, 2.05) is 0 Å². The largest absolute Gasteiger partial charge is 0.480 e. The molecule has 2 N–H and O–H groups in total. The lowest BCUT2D eigenvalue weighted by atomic mass is 10.1. The molecule has 0 aliphatic heterocycles. The number of nitrogens with one attached hydrogen (secondary N) is 1. The number of benzene rings is 1. The Hall–Kier alpha value is -2.02. The summed E-state index contributed by atoms with van der Waals surface area (Å²) in [6, 6.07) is 5.13. The molecule has 0 spiro atoms. The van der Waals surface area contributed by atoms with Gasteiger partial charge in [0.2, 0.25) is 0 Å². The number of carbonyl (C=O) groups excluding carboxylic acids is 1. The highest BCUT2D eigenvalue weighted by atomic mass is 19.3. The number of aliphatic carboxylic acids is 1. The van der Waals surface area contributed by atoms with Crippen LogP contribution in [0.3, 0.4) is 0 Å². The van der Waals surface area contributed by atoms with E-state index in [2.05, 4.69) is 5.32 Å². The lowest BCUT2D eigenvalue weighted by Crippen LogP contribution is -2.28. The van der Waals surface area contributed by atoms with Crippen molar-refractivity contribution >= 4 is 11.9 Å². The van der Waals surface area contributed by atoms with Crippen LogP contribution in [-0.2, 0) is 9.53 Å². The maximum absolute atomic E-state index is 12.4. The van der Waals surface area contributed by atoms with Crippen molar-refractivity contribution in [2.45, 2.75) is 6.43 Å². The third kappa shape index (κ3) is 5.43. The highest BCUT2D eigenvalue weighted by Gasteiger charge is 2.10. The molecule has 0 atom stereocenters. The fraction of sp³-hybridized carbons (Fsp3) is 0.333. The number of carbonyl (C=O) groups is 2. The maximum atomic E-state index is 12.4. The summed E-state index contributed by atoms with van der Waals surface area (Å²) < 4.78 is 29.6. The van der Waals surface area contributed by atoms with Crippen LogP contribution in [0, 0.1) is 0 Å². The van der Waals surface area contributed by atoms with Gasteiger partial charge in [-0.25, -0.2) is 13.6 Å². The van der Waals surface area contributed by atoms with Crippen molar-refractivity contribution in [1.29, 1.82) is 0 Å². The van der Waals surface area contributed by atoms with Crippen molar-refractivity contribution in [1.82, 2.24) is 5.32 Å². The van der Waals surface area contributed by atoms with Gasteiger partial charge in [0.15, 0.2) is 0 Å². The van der Waals surface area contributed by atoms with E-state index in [-0.39, 0.29) is 24.3 Å². The molecule has 104 valence electrons. The van der Waals surface area contributed by atoms with Crippen molar-refractivity contribution in [2.24, 2.45) is 0 Å². The minimum absolute atomic E-state index is 0.0343. The number of amides is 1. The van der Waals surface area contributed by atoms with Gasteiger partial charge in [-0.15, -0.1) is 0 Å². The summed E-state index contributed by atoms with van der Waals surface area (Å²) in [7, 11) is 0. The fourth-order valence-corrected chi connectivity index (χ4v) is 1.31. The summed E-state index contributed by atoms with van der Waals surface area (Å²) >= 11 is 0. The number of carboxylic acids is 1. The van der Waals surface area contributed by atoms with Crippen molar-refractivity contribution < 1.29 is 28.2 Å². The summed E-state index contributed by atoms with van der Waals surface area (Å²) in [5.74, 6) is -1.61. The van der Waals surface area contributed by atoms with Gasteiger partial charge in [-0.2, -0.15) is 0 Å². The molecule has 0 radical (unpaired) electrons. The minimum atomic E-state index is -2.63. The first-order valence-electron chi connectivity index (χ1n) is 5.46. The number of carboxylic acid groups (broad SMARTS) is 1. The molecule has 0 aliphatic carbocycles. The molecule has 0 fully saturated rings. The molecule has 0 unspecified atom stereocenters. The zero-order valence-corrected chi connectivity index (χ0v) is 9.94. The van der Waals surface area contributed by atoms with Gasteiger partial charge in [0.1, 0.15) is 6.61 Å². The van der Waals surface area contributed by atoms with Crippen LogP contribution in [0.15, 0.2) is 24.3 Å². The van der Waals surface area contributed by atoms with Gasteiger partial charge >= 0.3 is 5.97 Å². The Bertz CT molecular complexity index is 451. The van der Waals surface area contributed by atoms with Crippen LogP contribution < -0.4 is 5.32 Å². The summed E-state index contributed by atoms with van der Waals surface area (Å²) in [5.41, 5.74) is -0.106. The fourth-order valence-electron chi connectivity index (χ4n) is 1.31. The summed E-state index contributed by atoms with van der Waals surface area (Å²) in [4.78, 5) is 21.7. The summed E-state index contributed by atoms with van der Waals surface area (Å²) in [6.07, 6.45) is -2.63. The quantitative estimate of drug-likeness (QED) is 0.737. The van der Waals surface area contributed by atoms with Gasteiger partial charge < -0.3 is 15.2 Å². The first-order valence-corrected chi connectivity index (χ1v) is 5.46. The number of ether oxygens (including phenoxy) is 1. The number of hydrogen-bond acceptors (Lipinski definition) is 3. The van der Waals surface area contributed by atoms with Crippen LogP contribution in [0.2, 0.25) is 0 Å². The predicted octanol–water partition coefficient (Wildman–Crippen LogP) is 1.46. The Morgan fingerprint density at radius 1 is 1.37 bits per heavy atom. The van der Waals surface area contributed by atoms with Crippen molar-refractivity contribution in [3.8, 4) is 0 Å². The topological polar surface area (TPSA) is 75.6 Å². The molecule has 5 nitrogen and oxygen atoms in total. The molecule has 0 aliphatic rings. The highest BCUT2D eigenvalue weighted by molar-refractivity contribution is 5.94. The van der Waals surface area contributed by atoms with Gasteiger partial charge in [-0.1, -0.05) is 12.1 Å². The summed E-state index contributed by atoms with van der Waals surface area (Å²) in [5, 5.41) is 10.7. The average Bonchev–Trinajstić information content (AvgIpc) is 2.37. The zero-order valence-electron chi connectivity index (χ0n) is 9.94. The SMILES string of the molecule is O=C(O)COCCNC(=O)c1cccc(C(F)F)c1. The zero-order chi connectivity index (χ0) is 14.3. The monoisotopic (exact) mass is 273 g/mol. The molecular formula is C12H13F2NO4. The van der Waals surface area contributed by atoms with Crippen LogP contribution in [0.1, 0.15) is 22.3 Å². The molecule has 0 bridgehead atoms. The molecule has 1 rings (SSSR count). The van der Waals surface area contributed by atoms with Gasteiger partial charge in [0.25, 0.3) is 12.3 Å². The lowest BCUT2D eigenvalue weighted by Gasteiger charge is -2.06. The van der Waals surface area contributed by atoms with E-state index >= 15 is 0 Å². The van der Waals surface area contributed by atoms with Crippen molar-refractivity contribution in [3.63, 3.8) is 0 Å². The van der Waals surface area contributed by atoms with E-state index < -0.39 is 24.9 Å². The number of rotatable bonds is 7. The molecule has 19 heavy (non-hydrogen) atoms. The first kappa shape index (κ1) is 15.0. The first-order chi connectivity index (χ1) is 9.00. The highest BCUT2D eigenvalue weighted by Crippen LogP contribution is 2.19. The van der Waals surface area contributed by atoms with Crippen molar-refractivity contribution in [3.05, 3.63) is 35.4 Å². The summed E-state index contributed by atoms with van der Waals surface area (Å²) in [6.45, 7) is -0.311. The molecule has 7 heteroatoms. The second-order valence-corrected chi connectivity index (χ2v) is 3.63. The molecule has 0 heterocycles. The van der Waals surface area contributed by atoms with E-state index in [0.717, 1.165) is 6.07 Å². The Morgan fingerprint density at radius 3 is 2.74 bits per heavy atom. The molecule has 1 aromatic carbocycles. The maximum Gasteiger partial charge on any atom is 0.329 e. The Morgan fingerprint density at radius 2 is 2.11 bits per heavy atom. The standard InChI is InChI=1S/C12H13F2NO4/c13-11(14)8-2-1-3-9(6-8)12(18)15-4-5-19-7-10(16)17/h1-3,6,11H,4-5,7H2,(H,15,18)(H,16,17). The molecule has 0 aromatic heterocycles. The third-order valence-electron chi connectivity index (χ3n) is 2.16. The van der Waals surface area contributed by atoms with Crippen LogP contribution in [0.5, 0.6) is 0 Å². The van der Waals surface area contributed by atoms with E-state index in [9.17, 15) is 18.4 Å². The van der Waals surface area contributed by atoms with E-state index in [1.165, 1.54) is 18.2 Å². The Kier molecular flexibility index (Phi) is 5.87. The van der Waals surface area contributed by atoms with Gasteiger partial charge in [-0.05, 0) is 12.1 Å². The second kappa shape index (κ2) is 7.42. The molecule has 1 aromatic rings. The normalized spacial score (nSPS) is 10.5. The van der Waals surface area contributed by atoms with E-state index in [0.29, 0.717) is 0 Å². The van der Waals surface area contributed by atoms with Crippen LogP contribution in [-0.4, -0.2) is 36.7 Å². The number of halogens is 2. The van der Waals surface area contributed by atoms with E-state index in [1.54, 1.807) is 0 Å². The molecule has 0 saturated carbocycles. The van der Waals surface area contributed by atoms with Crippen LogP contribution in [0.4, 0.5) is 8.78 Å². The minimum Gasteiger partial charge on any atom is -0.480 e. The molecular weight excluding hydrogens is 260 g/mol. The Labute approximate surface area is 108 Å². The Balaban J connectivity index is 2.41. The van der Waals surface area contributed by atoms with Gasteiger partial charge in [-0.3, -0.25) is 4.79 Å². The number of hydrogen-bond donors (Lipinski definition) is 2. The second-order valence-electron chi connectivity index (χ2n) is 3.63. The predicted molar refractivity (Wildman–Crippen MR) is 62.2 cm³/mol. The third-order valence-corrected chi connectivity index (χ3v) is 2.16. The average molecular weight is 273 g/mol. The smallest absolute Gasteiger partial charge is 0.329 e. The van der Waals surface area contributed by atoms with Crippen LogP contribution in [0.25, 0.3) is 0 Å².